The number of anilines is 1. The van der Waals surface area contributed by atoms with Gasteiger partial charge >= 0.3 is 0 Å². The lowest BCUT2D eigenvalue weighted by atomic mass is 10.2. The molecule has 0 spiro atoms. The molecule has 0 heterocycles. The maximum Gasteiger partial charge on any atom is 0.270 e. The van der Waals surface area contributed by atoms with E-state index in [2.05, 4.69) is 5.10 Å². The Bertz CT molecular complexity index is 641. The average molecular weight is 271 g/mol. The second kappa shape index (κ2) is 5.83. The number of non-ortho nitro benzene ring substituents is 1. The van der Waals surface area contributed by atoms with Gasteiger partial charge in [0.25, 0.3) is 5.69 Å². The van der Waals surface area contributed by atoms with Crippen LogP contribution in [0.1, 0.15) is 5.56 Å². The zero-order valence-corrected chi connectivity index (χ0v) is 10.8. The van der Waals surface area contributed by atoms with Gasteiger partial charge in [0.05, 0.1) is 16.8 Å². The first-order valence-corrected chi connectivity index (χ1v) is 5.88. The van der Waals surface area contributed by atoms with Gasteiger partial charge in [0.1, 0.15) is 5.75 Å². The van der Waals surface area contributed by atoms with E-state index in [1.807, 2.05) is 30.3 Å². The van der Waals surface area contributed by atoms with Crippen molar-refractivity contribution in [2.24, 2.45) is 5.10 Å². The van der Waals surface area contributed by atoms with Crippen molar-refractivity contribution < 1.29 is 10.0 Å². The van der Waals surface area contributed by atoms with Gasteiger partial charge in [-0.2, -0.15) is 5.10 Å². The van der Waals surface area contributed by atoms with Crippen LogP contribution in [0.15, 0.2) is 53.6 Å². The van der Waals surface area contributed by atoms with Crippen molar-refractivity contribution in [3.8, 4) is 5.75 Å². The summed E-state index contributed by atoms with van der Waals surface area (Å²) in [5.41, 5.74) is 1.07. The Hall–Kier alpha value is -2.89. The summed E-state index contributed by atoms with van der Waals surface area (Å²) in [6.45, 7) is 0. The zero-order valence-electron chi connectivity index (χ0n) is 10.8. The van der Waals surface area contributed by atoms with E-state index in [1.165, 1.54) is 24.4 Å². The Morgan fingerprint density at radius 1 is 1.25 bits per heavy atom. The van der Waals surface area contributed by atoms with Gasteiger partial charge in [-0.05, 0) is 18.2 Å². The van der Waals surface area contributed by atoms with E-state index in [0.717, 1.165) is 5.69 Å². The summed E-state index contributed by atoms with van der Waals surface area (Å²) in [7, 11) is 1.75. The molecular weight excluding hydrogens is 258 g/mol. The summed E-state index contributed by atoms with van der Waals surface area (Å²) in [5.74, 6) is -0.0548. The highest BCUT2D eigenvalue weighted by molar-refractivity contribution is 5.85. The maximum atomic E-state index is 10.7. The standard InChI is InChI=1S/C14H13N3O3/c1-16(12-5-3-2-4-6-12)15-10-11-9-13(17(19)20)7-8-14(11)18/h2-10,18H,1H3/b15-10-. The fraction of sp³-hybridized carbons (Fsp3) is 0.0714. The van der Waals surface area contributed by atoms with Gasteiger partial charge in [0.2, 0.25) is 0 Å². The Morgan fingerprint density at radius 2 is 1.95 bits per heavy atom. The third kappa shape index (κ3) is 3.11. The summed E-state index contributed by atoms with van der Waals surface area (Å²) in [6, 6.07) is 13.2. The van der Waals surface area contributed by atoms with Crippen molar-refractivity contribution in [3.05, 3.63) is 64.2 Å². The van der Waals surface area contributed by atoms with E-state index in [-0.39, 0.29) is 11.4 Å². The number of phenols is 1. The SMILES string of the molecule is CN(/N=C\c1cc([N+](=O)[O-])ccc1O)c1ccccc1. The number of hydrazone groups is 1. The number of nitro benzene ring substituents is 1. The summed E-state index contributed by atoms with van der Waals surface area (Å²) in [4.78, 5) is 10.2. The van der Waals surface area contributed by atoms with E-state index in [4.69, 9.17) is 0 Å². The first kappa shape index (κ1) is 13.5. The predicted octanol–water partition coefficient (Wildman–Crippen LogP) is 2.77. The fourth-order valence-corrected chi connectivity index (χ4v) is 1.62. The second-order valence-electron chi connectivity index (χ2n) is 4.10. The van der Waals surface area contributed by atoms with Crippen LogP contribution in [-0.2, 0) is 0 Å². The van der Waals surface area contributed by atoms with Crippen LogP contribution in [0, 0.1) is 10.1 Å². The molecule has 6 nitrogen and oxygen atoms in total. The van der Waals surface area contributed by atoms with Crippen molar-refractivity contribution in [1.82, 2.24) is 0 Å². The Kier molecular flexibility index (Phi) is 3.95. The zero-order chi connectivity index (χ0) is 14.5. The molecule has 0 saturated carbocycles. The molecule has 2 aromatic carbocycles. The molecule has 0 saturated heterocycles. The Balaban J connectivity index is 2.23. The first-order chi connectivity index (χ1) is 9.58. The summed E-state index contributed by atoms with van der Waals surface area (Å²) >= 11 is 0. The monoisotopic (exact) mass is 271 g/mol. The lowest BCUT2D eigenvalue weighted by Gasteiger charge is -2.12. The molecule has 0 aliphatic carbocycles. The number of hydrogen-bond donors (Lipinski definition) is 1. The number of nitrogens with zero attached hydrogens (tertiary/aromatic N) is 3. The molecule has 0 radical (unpaired) electrons. The predicted molar refractivity (Wildman–Crippen MR) is 77.2 cm³/mol. The Morgan fingerprint density at radius 3 is 2.60 bits per heavy atom. The number of hydrogen-bond acceptors (Lipinski definition) is 5. The molecule has 0 fully saturated rings. The number of aromatic hydroxyl groups is 1. The number of nitro groups is 1. The second-order valence-corrected chi connectivity index (χ2v) is 4.10. The Labute approximate surface area is 115 Å². The van der Waals surface area contributed by atoms with E-state index < -0.39 is 4.92 Å². The van der Waals surface area contributed by atoms with Crippen molar-refractivity contribution in [2.45, 2.75) is 0 Å². The highest BCUT2D eigenvalue weighted by Crippen LogP contribution is 2.21. The molecule has 102 valence electrons. The van der Waals surface area contributed by atoms with Crippen LogP contribution >= 0.6 is 0 Å². The molecule has 0 unspecified atom stereocenters. The molecule has 0 aromatic heterocycles. The van der Waals surface area contributed by atoms with E-state index >= 15 is 0 Å². The summed E-state index contributed by atoms with van der Waals surface area (Å²) in [6.07, 6.45) is 1.38. The van der Waals surface area contributed by atoms with Gasteiger partial charge in [-0.3, -0.25) is 15.1 Å². The van der Waals surface area contributed by atoms with Gasteiger partial charge in [0.15, 0.2) is 0 Å². The van der Waals surface area contributed by atoms with E-state index in [1.54, 1.807) is 12.1 Å². The molecule has 20 heavy (non-hydrogen) atoms. The number of benzene rings is 2. The van der Waals surface area contributed by atoms with Gasteiger partial charge in [-0.25, -0.2) is 0 Å². The quantitative estimate of drug-likeness (QED) is 0.527. The largest absolute Gasteiger partial charge is 0.507 e. The van der Waals surface area contributed by atoms with Gasteiger partial charge in [-0.15, -0.1) is 0 Å². The normalized spacial score (nSPS) is 10.7. The smallest absolute Gasteiger partial charge is 0.270 e. The highest BCUT2D eigenvalue weighted by Gasteiger charge is 2.09. The minimum atomic E-state index is -0.516. The van der Waals surface area contributed by atoms with Gasteiger partial charge < -0.3 is 5.11 Å². The van der Waals surface area contributed by atoms with Crippen LogP contribution in [0.5, 0.6) is 5.75 Å². The lowest BCUT2D eigenvalue weighted by molar-refractivity contribution is -0.384. The lowest BCUT2D eigenvalue weighted by Crippen LogP contribution is -2.08. The molecule has 6 heteroatoms. The molecule has 0 atom stereocenters. The molecule has 0 aliphatic rings. The van der Waals surface area contributed by atoms with Crippen molar-refractivity contribution in [1.29, 1.82) is 0 Å². The molecule has 2 rings (SSSR count). The maximum absolute atomic E-state index is 10.7. The molecule has 2 aromatic rings. The van der Waals surface area contributed by atoms with Crippen molar-refractivity contribution in [2.75, 3.05) is 12.1 Å². The third-order valence-corrected chi connectivity index (χ3v) is 2.72. The summed E-state index contributed by atoms with van der Waals surface area (Å²) in [5, 5.41) is 26.1. The summed E-state index contributed by atoms with van der Waals surface area (Å²) < 4.78 is 0. The third-order valence-electron chi connectivity index (χ3n) is 2.72. The van der Waals surface area contributed by atoms with Crippen LogP contribution < -0.4 is 5.01 Å². The van der Waals surface area contributed by atoms with Crippen LogP contribution in [-0.4, -0.2) is 23.3 Å². The van der Waals surface area contributed by atoms with Crippen LogP contribution in [0.4, 0.5) is 11.4 Å². The van der Waals surface area contributed by atoms with Crippen LogP contribution in [0.2, 0.25) is 0 Å². The van der Waals surface area contributed by atoms with Gasteiger partial charge in [0, 0.05) is 24.7 Å². The topological polar surface area (TPSA) is 79.0 Å². The molecular formula is C14H13N3O3. The van der Waals surface area contributed by atoms with Crippen molar-refractivity contribution in [3.63, 3.8) is 0 Å². The molecule has 0 amide bonds. The number of para-hydroxylation sites is 1. The van der Waals surface area contributed by atoms with E-state index in [9.17, 15) is 15.2 Å². The molecule has 0 aliphatic heterocycles. The average Bonchev–Trinajstić information content (AvgIpc) is 2.46. The van der Waals surface area contributed by atoms with Gasteiger partial charge in [-0.1, -0.05) is 18.2 Å². The van der Waals surface area contributed by atoms with Crippen LogP contribution in [0.3, 0.4) is 0 Å². The van der Waals surface area contributed by atoms with Crippen molar-refractivity contribution >= 4 is 17.6 Å². The minimum Gasteiger partial charge on any atom is -0.507 e. The minimum absolute atomic E-state index is 0.0548. The number of phenolic OH excluding ortho intramolecular Hbond substituents is 1. The highest BCUT2D eigenvalue weighted by atomic mass is 16.6. The van der Waals surface area contributed by atoms with Crippen LogP contribution in [0.25, 0.3) is 0 Å². The van der Waals surface area contributed by atoms with E-state index in [0.29, 0.717) is 5.56 Å². The first-order valence-electron chi connectivity index (χ1n) is 5.88. The molecule has 0 bridgehead atoms. The molecule has 1 N–H and O–H groups in total. The fourth-order valence-electron chi connectivity index (χ4n) is 1.62. The number of rotatable bonds is 4.